The lowest BCUT2D eigenvalue weighted by atomic mass is 10.2. The van der Waals surface area contributed by atoms with Gasteiger partial charge in [-0.05, 0) is 55.5 Å². The van der Waals surface area contributed by atoms with Gasteiger partial charge in [-0.3, -0.25) is 4.79 Å². The van der Waals surface area contributed by atoms with Crippen LogP contribution in [0, 0.1) is 6.92 Å². The van der Waals surface area contributed by atoms with Crippen LogP contribution in [0.1, 0.15) is 11.5 Å². The number of amides is 1. The van der Waals surface area contributed by atoms with Gasteiger partial charge in [-0.15, -0.1) is 0 Å². The van der Waals surface area contributed by atoms with Crippen molar-refractivity contribution in [1.82, 2.24) is 4.98 Å². The lowest BCUT2D eigenvalue weighted by molar-refractivity contribution is -0.111. The molecule has 0 spiro atoms. The van der Waals surface area contributed by atoms with E-state index in [1.54, 1.807) is 55.5 Å². The Balaban J connectivity index is 1.70. The summed E-state index contributed by atoms with van der Waals surface area (Å²) in [6.45, 7) is 1.76. The summed E-state index contributed by atoms with van der Waals surface area (Å²) in [6.07, 6.45) is 2.92. The number of nitrogens with zero attached hydrogens (tertiary/aromatic N) is 1. The van der Waals surface area contributed by atoms with Crippen molar-refractivity contribution in [3.8, 4) is 11.3 Å². The Hall–Kier alpha value is -2.27. The predicted molar refractivity (Wildman–Crippen MR) is 106 cm³/mol. The van der Waals surface area contributed by atoms with E-state index in [2.05, 4.69) is 10.3 Å². The molecule has 0 aliphatic carbocycles. The Labute approximate surface area is 165 Å². The first-order valence-electron chi connectivity index (χ1n) is 7.60. The van der Waals surface area contributed by atoms with Gasteiger partial charge in [0.15, 0.2) is 0 Å². The number of carbonyl (C=O) groups is 1. The maximum absolute atomic E-state index is 12.0. The molecule has 0 aliphatic rings. The highest BCUT2D eigenvalue weighted by Gasteiger charge is 2.09. The summed E-state index contributed by atoms with van der Waals surface area (Å²) in [5.41, 5.74) is 1.37. The summed E-state index contributed by atoms with van der Waals surface area (Å²) in [7, 11) is 0. The van der Waals surface area contributed by atoms with Crippen LogP contribution >= 0.6 is 34.8 Å². The zero-order valence-corrected chi connectivity index (χ0v) is 15.9. The van der Waals surface area contributed by atoms with Crippen molar-refractivity contribution >= 4 is 52.6 Å². The van der Waals surface area contributed by atoms with Crippen molar-refractivity contribution in [2.24, 2.45) is 0 Å². The summed E-state index contributed by atoms with van der Waals surface area (Å²) < 4.78 is 5.70. The lowest BCUT2D eigenvalue weighted by Gasteiger charge is -2.03. The number of anilines is 1. The molecule has 26 heavy (non-hydrogen) atoms. The molecule has 7 heteroatoms. The molecule has 132 valence electrons. The molecule has 2 heterocycles. The molecule has 0 saturated carbocycles. The minimum absolute atomic E-state index is 0.332. The first-order chi connectivity index (χ1) is 12.4. The van der Waals surface area contributed by atoms with Gasteiger partial charge in [0.25, 0.3) is 0 Å². The molecule has 0 unspecified atom stereocenters. The number of hydrogen-bond donors (Lipinski definition) is 1. The fourth-order valence-corrected chi connectivity index (χ4v) is 2.82. The highest BCUT2D eigenvalue weighted by Crippen LogP contribution is 2.31. The van der Waals surface area contributed by atoms with Gasteiger partial charge in [-0.2, -0.15) is 0 Å². The van der Waals surface area contributed by atoms with Crippen molar-refractivity contribution in [2.75, 3.05) is 5.32 Å². The van der Waals surface area contributed by atoms with Crippen molar-refractivity contribution < 1.29 is 9.21 Å². The Morgan fingerprint density at radius 1 is 1.08 bits per heavy atom. The van der Waals surface area contributed by atoms with E-state index in [0.717, 1.165) is 5.56 Å². The third kappa shape index (κ3) is 4.47. The molecule has 0 aliphatic heterocycles. The molecule has 1 amide bonds. The molecule has 0 bridgehead atoms. The van der Waals surface area contributed by atoms with Gasteiger partial charge < -0.3 is 9.73 Å². The zero-order chi connectivity index (χ0) is 18.7. The second-order valence-electron chi connectivity index (χ2n) is 5.41. The Kier molecular flexibility index (Phi) is 5.67. The van der Waals surface area contributed by atoms with Crippen LogP contribution in [0.3, 0.4) is 0 Å². The second kappa shape index (κ2) is 7.96. The topological polar surface area (TPSA) is 55.1 Å². The lowest BCUT2D eigenvalue weighted by Crippen LogP contribution is -2.09. The van der Waals surface area contributed by atoms with Crippen LogP contribution in [-0.4, -0.2) is 10.9 Å². The van der Waals surface area contributed by atoms with Crippen LogP contribution in [0.5, 0.6) is 0 Å². The molecule has 0 fully saturated rings. The van der Waals surface area contributed by atoms with E-state index in [1.807, 2.05) is 0 Å². The molecule has 3 rings (SSSR count). The minimum atomic E-state index is -0.332. The smallest absolute Gasteiger partial charge is 0.249 e. The SMILES string of the molecule is Cc1nc(NC(=O)/C=C/c2ccc(-c3ccc(Cl)cc3Cl)o2)ccc1Cl. The van der Waals surface area contributed by atoms with Gasteiger partial charge in [0.1, 0.15) is 17.3 Å². The van der Waals surface area contributed by atoms with Crippen molar-refractivity contribution in [3.05, 3.63) is 75.1 Å². The Morgan fingerprint density at radius 2 is 1.88 bits per heavy atom. The number of rotatable bonds is 4. The monoisotopic (exact) mass is 406 g/mol. The van der Waals surface area contributed by atoms with E-state index >= 15 is 0 Å². The van der Waals surface area contributed by atoms with E-state index in [9.17, 15) is 4.79 Å². The number of aryl methyl sites for hydroxylation is 1. The largest absolute Gasteiger partial charge is 0.457 e. The van der Waals surface area contributed by atoms with Crippen molar-refractivity contribution in [2.45, 2.75) is 6.92 Å². The number of furan rings is 1. The molecule has 0 atom stereocenters. The summed E-state index contributed by atoms with van der Waals surface area (Å²) in [5, 5.41) is 4.24. The van der Waals surface area contributed by atoms with Gasteiger partial charge in [0, 0.05) is 16.7 Å². The number of hydrogen-bond acceptors (Lipinski definition) is 3. The molecule has 3 aromatic rings. The third-order valence-corrected chi connectivity index (χ3v) is 4.44. The molecule has 0 saturated heterocycles. The highest BCUT2D eigenvalue weighted by molar-refractivity contribution is 6.36. The number of nitrogens with one attached hydrogen (secondary N) is 1. The zero-order valence-electron chi connectivity index (χ0n) is 13.6. The highest BCUT2D eigenvalue weighted by atomic mass is 35.5. The average molecular weight is 408 g/mol. The number of benzene rings is 1. The molecule has 1 N–H and O–H groups in total. The third-order valence-electron chi connectivity index (χ3n) is 3.49. The molecular weight excluding hydrogens is 395 g/mol. The van der Waals surface area contributed by atoms with Crippen LogP contribution in [0.15, 0.2) is 53.0 Å². The van der Waals surface area contributed by atoms with E-state index in [4.69, 9.17) is 39.2 Å². The van der Waals surface area contributed by atoms with Crippen molar-refractivity contribution in [3.63, 3.8) is 0 Å². The number of halogens is 3. The van der Waals surface area contributed by atoms with Gasteiger partial charge in [-0.1, -0.05) is 34.8 Å². The van der Waals surface area contributed by atoms with Crippen LogP contribution < -0.4 is 5.32 Å². The van der Waals surface area contributed by atoms with Crippen LogP contribution in [0.2, 0.25) is 15.1 Å². The maximum atomic E-state index is 12.0. The molecule has 4 nitrogen and oxygen atoms in total. The number of pyridine rings is 1. The van der Waals surface area contributed by atoms with Gasteiger partial charge in [0.2, 0.25) is 5.91 Å². The quantitative estimate of drug-likeness (QED) is 0.519. The number of carbonyl (C=O) groups excluding carboxylic acids is 1. The summed E-state index contributed by atoms with van der Waals surface area (Å²) >= 11 is 18.0. The van der Waals surface area contributed by atoms with E-state index in [-0.39, 0.29) is 5.91 Å². The van der Waals surface area contributed by atoms with E-state index in [1.165, 1.54) is 6.08 Å². The first kappa shape index (κ1) is 18.5. The summed E-state index contributed by atoms with van der Waals surface area (Å²) in [4.78, 5) is 16.2. The standard InChI is InChI=1S/C19H13Cl3N2O2/c1-11-15(21)6-8-18(23-11)24-19(25)9-4-13-3-7-17(26-13)14-5-2-12(20)10-16(14)22/h2-10H,1H3,(H,23,24,25)/b9-4+. The van der Waals surface area contributed by atoms with Crippen LogP contribution in [0.25, 0.3) is 17.4 Å². The molecule has 0 radical (unpaired) electrons. The van der Waals surface area contributed by atoms with Gasteiger partial charge in [0.05, 0.1) is 15.7 Å². The normalized spacial score (nSPS) is 11.1. The van der Waals surface area contributed by atoms with Crippen molar-refractivity contribution in [1.29, 1.82) is 0 Å². The molecule has 1 aromatic carbocycles. The Morgan fingerprint density at radius 3 is 2.62 bits per heavy atom. The fraction of sp³-hybridized carbons (Fsp3) is 0.0526. The van der Waals surface area contributed by atoms with Crippen LogP contribution in [0.4, 0.5) is 5.82 Å². The summed E-state index contributed by atoms with van der Waals surface area (Å²) in [5.74, 6) is 1.19. The first-order valence-corrected chi connectivity index (χ1v) is 8.73. The van der Waals surface area contributed by atoms with Crippen LogP contribution in [-0.2, 0) is 4.79 Å². The molecular formula is C19H13Cl3N2O2. The maximum Gasteiger partial charge on any atom is 0.249 e. The fourth-order valence-electron chi connectivity index (χ4n) is 2.22. The number of aromatic nitrogens is 1. The van der Waals surface area contributed by atoms with E-state index in [0.29, 0.717) is 38.1 Å². The van der Waals surface area contributed by atoms with E-state index < -0.39 is 0 Å². The average Bonchev–Trinajstić information content (AvgIpc) is 3.05. The molecule has 2 aromatic heterocycles. The van der Waals surface area contributed by atoms with Gasteiger partial charge in [-0.25, -0.2) is 4.98 Å². The Bertz CT molecular complexity index is 996. The van der Waals surface area contributed by atoms with Gasteiger partial charge >= 0.3 is 0 Å². The second-order valence-corrected chi connectivity index (χ2v) is 6.66. The minimum Gasteiger partial charge on any atom is -0.457 e. The summed E-state index contributed by atoms with van der Waals surface area (Å²) in [6, 6.07) is 12.0. The predicted octanol–water partition coefficient (Wildman–Crippen LogP) is 6.26.